The van der Waals surface area contributed by atoms with E-state index in [1.807, 2.05) is 29.2 Å². The van der Waals surface area contributed by atoms with Crippen molar-refractivity contribution in [2.24, 2.45) is 0 Å². The number of carbonyl (C=O) groups excluding carboxylic acids is 1. The van der Waals surface area contributed by atoms with Crippen LogP contribution in [0.15, 0.2) is 45.6 Å². The predicted octanol–water partition coefficient (Wildman–Crippen LogP) is 2.57. The second-order valence-electron chi connectivity index (χ2n) is 6.45. The molecule has 0 bridgehead atoms. The SMILES string of the molecule is COc1cccc(CC(=O)N2CCC(Oc3cc(C)oc(=O)c3)CC2)c1. The van der Waals surface area contributed by atoms with Crippen LogP contribution in [0.2, 0.25) is 0 Å². The Labute approximate surface area is 152 Å². The maximum absolute atomic E-state index is 12.5. The molecule has 26 heavy (non-hydrogen) atoms. The van der Waals surface area contributed by atoms with Gasteiger partial charge in [-0.1, -0.05) is 12.1 Å². The Balaban J connectivity index is 1.52. The number of carbonyl (C=O) groups is 1. The highest BCUT2D eigenvalue weighted by Gasteiger charge is 2.24. The largest absolute Gasteiger partial charge is 0.497 e. The zero-order valence-electron chi connectivity index (χ0n) is 15.1. The van der Waals surface area contributed by atoms with Crippen LogP contribution in [0.5, 0.6) is 11.5 Å². The minimum atomic E-state index is -0.411. The topological polar surface area (TPSA) is 69.0 Å². The Bertz CT molecular complexity index is 821. The first-order valence-corrected chi connectivity index (χ1v) is 8.72. The summed E-state index contributed by atoms with van der Waals surface area (Å²) in [5.41, 5.74) is 0.533. The molecule has 0 atom stereocenters. The molecule has 6 nitrogen and oxygen atoms in total. The normalized spacial score (nSPS) is 14.9. The quantitative estimate of drug-likeness (QED) is 0.823. The van der Waals surface area contributed by atoms with Crippen molar-refractivity contribution in [2.75, 3.05) is 20.2 Å². The smallest absolute Gasteiger partial charge is 0.339 e. The molecule has 2 heterocycles. The Kier molecular flexibility index (Phi) is 5.61. The summed E-state index contributed by atoms with van der Waals surface area (Å²) < 4.78 is 16.0. The van der Waals surface area contributed by atoms with Gasteiger partial charge in [0.05, 0.1) is 19.6 Å². The van der Waals surface area contributed by atoms with Gasteiger partial charge < -0.3 is 18.8 Å². The Morgan fingerprint density at radius 2 is 1.96 bits per heavy atom. The highest BCUT2D eigenvalue weighted by Crippen LogP contribution is 2.20. The molecule has 138 valence electrons. The molecule has 1 aromatic heterocycles. The molecular weight excluding hydrogens is 334 g/mol. The van der Waals surface area contributed by atoms with Crippen LogP contribution < -0.4 is 15.1 Å². The summed E-state index contributed by atoms with van der Waals surface area (Å²) in [5.74, 6) is 1.91. The number of amides is 1. The zero-order valence-corrected chi connectivity index (χ0v) is 15.1. The monoisotopic (exact) mass is 357 g/mol. The van der Waals surface area contributed by atoms with Crippen molar-refractivity contribution in [3.8, 4) is 11.5 Å². The molecule has 1 fully saturated rings. The number of hydrogen-bond donors (Lipinski definition) is 0. The standard InChI is InChI=1S/C20H23NO5/c1-14-10-18(13-20(23)25-14)26-16-6-8-21(9-7-16)19(22)12-15-4-3-5-17(11-15)24-2/h3-5,10-11,13,16H,6-9,12H2,1-2H3. The highest BCUT2D eigenvalue weighted by atomic mass is 16.5. The maximum atomic E-state index is 12.5. The van der Waals surface area contributed by atoms with E-state index in [-0.39, 0.29) is 12.0 Å². The summed E-state index contributed by atoms with van der Waals surface area (Å²) in [6, 6.07) is 10.6. The van der Waals surface area contributed by atoms with Crippen LogP contribution in [0.4, 0.5) is 0 Å². The van der Waals surface area contributed by atoms with E-state index >= 15 is 0 Å². The van der Waals surface area contributed by atoms with Crippen molar-refractivity contribution in [3.05, 3.63) is 58.1 Å². The van der Waals surface area contributed by atoms with Crippen molar-refractivity contribution >= 4 is 5.91 Å². The third kappa shape index (κ3) is 4.65. The first-order valence-electron chi connectivity index (χ1n) is 8.72. The van der Waals surface area contributed by atoms with Crippen LogP contribution in [-0.2, 0) is 11.2 Å². The summed E-state index contributed by atoms with van der Waals surface area (Å²) in [4.78, 5) is 25.8. The lowest BCUT2D eigenvalue weighted by molar-refractivity contribution is -0.132. The molecule has 0 radical (unpaired) electrons. The maximum Gasteiger partial charge on any atom is 0.339 e. The van der Waals surface area contributed by atoms with Gasteiger partial charge in [0.25, 0.3) is 0 Å². The number of methoxy groups -OCH3 is 1. The van der Waals surface area contributed by atoms with Crippen molar-refractivity contribution < 1.29 is 18.7 Å². The van der Waals surface area contributed by atoms with Gasteiger partial charge in [0.2, 0.25) is 5.91 Å². The molecule has 1 aliphatic heterocycles. The van der Waals surface area contributed by atoms with Gasteiger partial charge in [0.15, 0.2) is 0 Å². The zero-order chi connectivity index (χ0) is 18.5. The number of aryl methyl sites for hydroxylation is 1. The first kappa shape index (κ1) is 18.0. The predicted molar refractivity (Wildman–Crippen MR) is 96.6 cm³/mol. The Morgan fingerprint density at radius 1 is 1.19 bits per heavy atom. The molecule has 1 aromatic carbocycles. The second-order valence-corrected chi connectivity index (χ2v) is 6.45. The van der Waals surface area contributed by atoms with Gasteiger partial charge in [-0.2, -0.15) is 0 Å². The van der Waals surface area contributed by atoms with E-state index in [1.54, 1.807) is 20.1 Å². The van der Waals surface area contributed by atoms with Crippen LogP contribution >= 0.6 is 0 Å². The molecule has 0 aliphatic carbocycles. The van der Waals surface area contributed by atoms with Crippen LogP contribution in [0.1, 0.15) is 24.2 Å². The number of likely N-dealkylation sites (tertiary alicyclic amines) is 1. The molecule has 1 aliphatic rings. The van der Waals surface area contributed by atoms with E-state index in [0.29, 0.717) is 31.0 Å². The molecule has 0 unspecified atom stereocenters. The van der Waals surface area contributed by atoms with E-state index in [4.69, 9.17) is 13.9 Å². The Morgan fingerprint density at radius 3 is 2.65 bits per heavy atom. The van der Waals surface area contributed by atoms with Gasteiger partial charge in [-0.3, -0.25) is 4.79 Å². The number of hydrogen-bond acceptors (Lipinski definition) is 5. The van der Waals surface area contributed by atoms with E-state index in [2.05, 4.69) is 0 Å². The van der Waals surface area contributed by atoms with E-state index < -0.39 is 5.63 Å². The lowest BCUT2D eigenvalue weighted by Crippen LogP contribution is -2.42. The average Bonchev–Trinajstić information content (AvgIpc) is 2.61. The molecule has 6 heteroatoms. The summed E-state index contributed by atoms with van der Waals surface area (Å²) >= 11 is 0. The molecular formula is C20H23NO5. The number of nitrogens with zero attached hydrogens (tertiary/aromatic N) is 1. The third-order valence-electron chi connectivity index (χ3n) is 4.45. The molecule has 0 N–H and O–H groups in total. The molecule has 1 amide bonds. The summed E-state index contributed by atoms with van der Waals surface area (Å²) in [6.07, 6.45) is 1.84. The fourth-order valence-corrected chi connectivity index (χ4v) is 3.13. The summed E-state index contributed by atoms with van der Waals surface area (Å²) in [5, 5.41) is 0. The van der Waals surface area contributed by atoms with Crippen LogP contribution in [0.25, 0.3) is 0 Å². The Hall–Kier alpha value is -2.76. The fourth-order valence-electron chi connectivity index (χ4n) is 3.13. The summed E-state index contributed by atoms with van der Waals surface area (Å²) in [6.45, 7) is 3.01. The fraction of sp³-hybridized carbons (Fsp3) is 0.400. The van der Waals surface area contributed by atoms with E-state index in [1.165, 1.54) is 6.07 Å². The summed E-state index contributed by atoms with van der Waals surface area (Å²) in [7, 11) is 1.61. The van der Waals surface area contributed by atoms with Gasteiger partial charge in [0, 0.05) is 32.0 Å². The van der Waals surface area contributed by atoms with Gasteiger partial charge in [-0.25, -0.2) is 4.79 Å². The number of piperidine rings is 1. The molecule has 2 aromatic rings. The van der Waals surface area contributed by atoms with Gasteiger partial charge in [-0.15, -0.1) is 0 Å². The molecule has 3 rings (SSSR count). The first-order chi connectivity index (χ1) is 12.5. The molecule has 0 saturated carbocycles. The average molecular weight is 357 g/mol. The molecule has 0 spiro atoms. The van der Waals surface area contributed by atoms with Crippen molar-refractivity contribution in [1.29, 1.82) is 0 Å². The van der Waals surface area contributed by atoms with E-state index in [9.17, 15) is 9.59 Å². The van der Waals surface area contributed by atoms with Crippen molar-refractivity contribution in [3.63, 3.8) is 0 Å². The van der Waals surface area contributed by atoms with Crippen LogP contribution in [-0.4, -0.2) is 37.1 Å². The third-order valence-corrected chi connectivity index (χ3v) is 4.45. The van der Waals surface area contributed by atoms with Gasteiger partial charge >= 0.3 is 5.63 Å². The van der Waals surface area contributed by atoms with Gasteiger partial charge in [0.1, 0.15) is 23.4 Å². The van der Waals surface area contributed by atoms with E-state index in [0.717, 1.165) is 24.2 Å². The van der Waals surface area contributed by atoms with Crippen molar-refractivity contribution in [2.45, 2.75) is 32.3 Å². The lowest BCUT2D eigenvalue weighted by Gasteiger charge is -2.32. The van der Waals surface area contributed by atoms with Crippen LogP contribution in [0.3, 0.4) is 0 Å². The molecule has 1 saturated heterocycles. The minimum absolute atomic E-state index is 0.00271. The van der Waals surface area contributed by atoms with Gasteiger partial charge in [-0.05, 0) is 24.6 Å². The highest BCUT2D eigenvalue weighted by molar-refractivity contribution is 5.79. The van der Waals surface area contributed by atoms with Crippen molar-refractivity contribution in [1.82, 2.24) is 4.90 Å². The second kappa shape index (κ2) is 8.08. The number of benzene rings is 1. The minimum Gasteiger partial charge on any atom is -0.497 e. The number of rotatable bonds is 5. The lowest BCUT2D eigenvalue weighted by atomic mass is 10.1. The number of ether oxygens (including phenoxy) is 2. The van der Waals surface area contributed by atoms with Crippen LogP contribution in [0, 0.1) is 6.92 Å².